The largest absolute Gasteiger partial charge is 0.388 e. The van der Waals surface area contributed by atoms with Crippen LogP contribution in [0.4, 0.5) is 0 Å². The zero-order valence-corrected chi connectivity index (χ0v) is 11.0. The van der Waals surface area contributed by atoms with Gasteiger partial charge >= 0.3 is 0 Å². The average molecular weight is 225 g/mol. The molecule has 0 fully saturated rings. The van der Waals surface area contributed by atoms with Crippen molar-refractivity contribution in [3.8, 4) is 0 Å². The van der Waals surface area contributed by atoms with E-state index in [-0.39, 0.29) is 12.0 Å². The second kappa shape index (κ2) is 4.95. The van der Waals surface area contributed by atoms with Crippen LogP contribution in [0.1, 0.15) is 46.3 Å². The lowest BCUT2D eigenvalue weighted by Crippen LogP contribution is -2.17. The first-order valence-corrected chi connectivity index (χ1v) is 5.85. The Morgan fingerprint density at radius 3 is 2.19 bits per heavy atom. The van der Waals surface area contributed by atoms with Crippen molar-refractivity contribution in [2.75, 3.05) is 0 Å². The monoisotopic (exact) mass is 225 g/mol. The fourth-order valence-corrected chi connectivity index (χ4v) is 1.67. The smallest absolute Gasteiger partial charge is 0.158 e. The highest BCUT2D eigenvalue weighted by molar-refractivity contribution is 4.97. The van der Waals surface area contributed by atoms with E-state index in [4.69, 9.17) is 0 Å². The molecule has 16 heavy (non-hydrogen) atoms. The van der Waals surface area contributed by atoms with Crippen LogP contribution >= 0.6 is 0 Å². The lowest BCUT2D eigenvalue weighted by atomic mass is 9.92. The Bertz CT molecular complexity index is 337. The van der Waals surface area contributed by atoms with Crippen molar-refractivity contribution in [3.63, 3.8) is 0 Å². The van der Waals surface area contributed by atoms with Crippen LogP contribution in [0.3, 0.4) is 0 Å². The molecule has 1 aromatic heterocycles. The van der Waals surface area contributed by atoms with Crippen LogP contribution in [0, 0.1) is 11.3 Å². The molecule has 0 bridgehead atoms. The maximum absolute atomic E-state index is 9.22. The molecule has 0 saturated heterocycles. The molecule has 0 amide bonds. The van der Waals surface area contributed by atoms with Crippen molar-refractivity contribution >= 4 is 0 Å². The van der Waals surface area contributed by atoms with Gasteiger partial charge in [-0.2, -0.15) is 0 Å². The summed E-state index contributed by atoms with van der Waals surface area (Å²) < 4.78 is 2.05. The number of rotatable bonds is 4. The van der Waals surface area contributed by atoms with Crippen LogP contribution < -0.4 is 0 Å². The standard InChI is InChI=1S/C12H23N3O/c1-9(2)7-15-10(6-12(3,4)5)13-14-11(15)8-16/h9,16H,6-8H2,1-5H3. The molecule has 4 nitrogen and oxygen atoms in total. The number of hydrogen-bond donors (Lipinski definition) is 1. The molecule has 0 aliphatic rings. The lowest BCUT2D eigenvalue weighted by Gasteiger charge is -2.19. The van der Waals surface area contributed by atoms with E-state index < -0.39 is 0 Å². The quantitative estimate of drug-likeness (QED) is 0.853. The van der Waals surface area contributed by atoms with E-state index >= 15 is 0 Å². The van der Waals surface area contributed by atoms with E-state index in [9.17, 15) is 5.11 Å². The molecule has 0 atom stereocenters. The van der Waals surface area contributed by atoms with E-state index in [1.54, 1.807) is 0 Å². The predicted molar refractivity (Wildman–Crippen MR) is 63.9 cm³/mol. The summed E-state index contributed by atoms with van der Waals surface area (Å²) in [6.45, 7) is 11.7. The summed E-state index contributed by atoms with van der Waals surface area (Å²) in [5.41, 5.74) is 0.189. The molecule has 1 aromatic rings. The van der Waals surface area contributed by atoms with Crippen molar-refractivity contribution in [2.45, 2.75) is 54.2 Å². The fraction of sp³-hybridized carbons (Fsp3) is 0.833. The number of nitrogens with zero attached hydrogens (tertiary/aromatic N) is 3. The minimum Gasteiger partial charge on any atom is -0.388 e. The van der Waals surface area contributed by atoms with Crippen LogP contribution in [-0.4, -0.2) is 19.9 Å². The lowest BCUT2D eigenvalue weighted by molar-refractivity contribution is 0.260. The highest BCUT2D eigenvalue weighted by Crippen LogP contribution is 2.20. The number of aliphatic hydroxyl groups excluding tert-OH is 1. The van der Waals surface area contributed by atoms with Gasteiger partial charge in [0.1, 0.15) is 12.4 Å². The maximum Gasteiger partial charge on any atom is 0.158 e. The molecule has 0 spiro atoms. The van der Waals surface area contributed by atoms with Crippen LogP contribution in [0.2, 0.25) is 0 Å². The summed E-state index contributed by atoms with van der Waals surface area (Å²) in [4.78, 5) is 0. The normalized spacial score (nSPS) is 12.4. The Labute approximate surface area is 97.7 Å². The molecule has 0 saturated carbocycles. The first-order chi connectivity index (χ1) is 7.33. The SMILES string of the molecule is CC(C)Cn1c(CO)nnc1CC(C)(C)C. The van der Waals surface area contributed by atoms with Crippen molar-refractivity contribution in [3.05, 3.63) is 11.6 Å². The number of aromatic nitrogens is 3. The zero-order valence-electron chi connectivity index (χ0n) is 11.0. The number of hydrogen-bond acceptors (Lipinski definition) is 3. The van der Waals surface area contributed by atoms with E-state index in [0.717, 1.165) is 18.8 Å². The Kier molecular flexibility index (Phi) is 4.08. The third kappa shape index (κ3) is 3.59. The van der Waals surface area contributed by atoms with Gasteiger partial charge in [-0.3, -0.25) is 0 Å². The Hall–Kier alpha value is -0.900. The van der Waals surface area contributed by atoms with Gasteiger partial charge in [-0.05, 0) is 11.3 Å². The van der Waals surface area contributed by atoms with Crippen LogP contribution in [0.5, 0.6) is 0 Å². The first kappa shape index (κ1) is 13.2. The molecule has 0 aliphatic heterocycles. The molecule has 4 heteroatoms. The average Bonchev–Trinajstić information content (AvgIpc) is 2.45. The molecule has 0 radical (unpaired) electrons. The molecule has 0 aliphatic carbocycles. The molecular weight excluding hydrogens is 202 g/mol. The summed E-state index contributed by atoms with van der Waals surface area (Å²) in [5.74, 6) is 2.18. The van der Waals surface area contributed by atoms with Gasteiger partial charge in [0.15, 0.2) is 5.82 Å². The Balaban J connectivity index is 2.95. The summed E-state index contributed by atoms with van der Waals surface area (Å²) >= 11 is 0. The van der Waals surface area contributed by atoms with Gasteiger partial charge in [0.25, 0.3) is 0 Å². The van der Waals surface area contributed by atoms with Crippen LogP contribution in [0.15, 0.2) is 0 Å². The molecule has 1 rings (SSSR count). The topological polar surface area (TPSA) is 50.9 Å². The van der Waals surface area contributed by atoms with Gasteiger partial charge in [0, 0.05) is 13.0 Å². The summed E-state index contributed by atoms with van der Waals surface area (Å²) in [7, 11) is 0. The van der Waals surface area contributed by atoms with Crippen molar-refractivity contribution in [1.82, 2.24) is 14.8 Å². The van der Waals surface area contributed by atoms with Gasteiger partial charge in [0.05, 0.1) is 0 Å². The molecule has 1 N–H and O–H groups in total. The van der Waals surface area contributed by atoms with Crippen molar-refractivity contribution in [2.24, 2.45) is 11.3 Å². The van der Waals surface area contributed by atoms with Gasteiger partial charge in [-0.25, -0.2) is 0 Å². The van der Waals surface area contributed by atoms with Gasteiger partial charge in [-0.1, -0.05) is 34.6 Å². The molecule has 0 aromatic carbocycles. The van der Waals surface area contributed by atoms with E-state index in [2.05, 4.69) is 49.4 Å². The van der Waals surface area contributed by atoms with Crippen LogP contribution in [0.25, 0.3) is 0 Å². The second-order valence-corrected chi connectivity index (χ2v) is 5.93. The minimum absolute atomic E-state index is 0.0378. The molecule has 1 heterocycles. The van der Waals surface area contributed by atoms with E-state index in [1.165, 1.54) is 0 Å². The first-order valence-electron chi connectivity index (χ1n) is 5.85. The van der Waals surface area contributed by atoms with Crippen molar-refractivity contribution < 1.29 is 5.11 Å². The predicted octanol–water partition coefficient (Wildman–Crippen LogP) is 2.01. The highest BCUT2D eigenvalue weighted by Gasteiger charge is 2.19. The Morgan fingerprint density at radius 2 is 1.75 bits per heavy atom. The summed E-state index contributed by atoms with van der Waals surface area (Å²) in [6.07, 6.45) is 0.882. The number of aliphatic hydroxyl groups is 1. The second-order valence-electron chi connectivity index (χ2n) is 5.93. The fourth-order valence-electron chi connectivity index (χ4n) is 1.67. The highest BCUT2D eigenvalue weighted by atomic mass is 16.3. The van der Waals surface area contributed by atoms with Gasteiger partial charge in [-0.15, -0.1) is 10.2 Å². The third-order valence-electron chi connectivity index (χ3n) is 2.28. The third-order valence-corrected chi connectivity index (χ3v) is 2.28. The van der Waals surface area contributed by atoms with Gasteiger partial charge < -0.3 is 9.67 Å². The Morgan fingerprint density at radius 1 is 1.19 bits per heavy atom. The van der Waals surface area contributed by atoms with Gasteiger partial charge in [0.2, 0.25) is 0 Å². The zero-order chi connectivity index (χ0) is 12.3. The molecular formula is C12H23N3O. The maximum atomic E-state index is 9.22. The van der Waals surface area contributed by atoms with E-state index in [0.29, 0.717) is 11.7 Å². The summed E-state index contributed by atoms with van der Waals surface area (Å²) in [5, 5.41) is 17.4. The summed E-state index contributed by atoms with van der Waals surface area (Å²) in [6, 6.07) is 0. The minimum atomic E-state index is -0.0378. The van der Waals surface area contributed by atoms with Crippen LogP contribution in [-0.2, 0) is 19.6 Å². The molecule has 0 unspecified atom stereocenters. The molecule has 92 valence electrons. The van der Waals surface area contributed by atoms with E-state index in [1.807, 2.05) is 0 Å². The van der Waals surface area contributed by atoms with Crippen molar-refractivity contribution in [1.29, 1.82) is 0 Å².